The molecule has 8 heteroatoms. The first-order chi connectivity index (χ1) is 17.9. The number of rotatable bonds is 4. The van der Waals surface area contributed by atoms with Gasteiger partial charge in [-0.05, 0) is 42.2 Å². The number of hydrogen-bond donors (Lipinski definition) is 1. The number of aromatic nitrogens is 2. The molecular weight excluding hydrogens is 488 g/mol. The first kappa shape index (κ1) is 23.1. The summed E-state index contributed by atoms with van der Waals surface area (Å²) in [5, 5.41) is 20.8. The highest BCUT2D eigenvalue weighted by atomic mass is 35.5. The van der Waals surface area contributed by atoms with E-state index in [0.717, 1.165) is 11.1 Å². The topological polar surface area (TPSA) is 91.3 Å². The van der Waals surface area contributed by atoms with Crippen molar-refractivity contribution in [1.29, 1.82) is 5.26 Å². The minimum Gasteiger partial charge on any atom is -0.493 e. The van der Waals surface area contributed by atoms with E-state index in [1.165, 1.54) is 10.6 Å². The predicted molar refractivity (Wildman–Crippen MR) is 139 cm³/mol. The number of hydrogen-bond acceptors (Lipinski definition) is 4. The summed E-state index contributed by atoms with van der Waals surface area (Å²) in [6.07, 6.45) is 0.578. The van der Waals surface area contributed by atoms with Crippen molar-refractivity contribution in [2.75, 3.05) is 6.54 Å². The average molecular weight is 511 g/mol. The summed E-state index contributed by atoms with van der Waals surface area (Å²) in [5.41, 5.74) is 3.08. The number of amides is 1. The lowest BCUT2D eigenvalue weighted by Crippen LogP contribution is -2.40. The number of nitrogens with zero attached hydrogens (tertiary/aromatic N) is 4. The Bertz CT molecular complexity index is 1600. The molecule has 1 N–H and O–H groups in total. The van der Waals surface area contributed by atoms with Crippen molar-refractivity contribution in [2.24, 2.45) is 0 Å². The van der Waals surface area contributed by atoms with E-state index in [4.69, 9.17) is 11.6 Å². The molecule has 0 saturated carbocycles. The third-order valence-electron chi connectivity index (χ3n) is 7.57. The minimum atomic E-state index is -0.495. The van der Waals surface area contributed by atoms with Gasteiger partial charge in [-0.1, -0.05) is 72.3 Å². The zero-order chi connectivity index (χ0) is 25.8. The fraction of sp³-hybridized carbons (Fsp3) is 0.207. The van der Waals surface area contributed by atoms with E-state index in [2.05, 4.69) is 0 Å². The quantitative estimate of drug-likeness (QED) is 0.425. The Morgan fingerprint density at radius 3 is 2.27 bits per heavy atom. The average Bonchev–Trinajstić information content (AvgIpc) is 3.59. The Labute approximate surface area is 218 Å². The SMILES string of the molecule is Cc1c(-n2c(O)c3n(c2=O)C2CC3N(C(=O)C(c3ccccc3)c3ccccc3)C2)ccc(C#N)c1Cl. The Balaban J connectivity index is 1.42. The third-order valence-corrected chi connectivity index (χ3v) is 8.06. The second-order valence-corrected chi connectivity index (χ2v) is 9.91. The van der Waals surface area contributed by atoms with Crippen LogP contribution in [0.4, 0.5) is 0 Å². The van der Waals surface area contributed by atoms with Gasteiger partial charge in [0.25, 0.3) is 0 Å². The van der Waals surface area contributed by atoms with Gasteiger partial charge in [-0.15, -0.1) is 0 Å². The van der Waals surface area contributed by atoms with Crippen LogP contribution in [0, 0.1) is 18.3 Å². The fourth-order valence-corrected chi connectivity index (χ4v) is 6.05. The molecule has 0 spiro atoms. The van der Waals surface area contributed by atoms with Crippen LogP contribution in [0.5, 0.6) is 5.88 Å². The molecule has 37 heavy (non-hydrogen) atoms. The van der Waals surface area contributed by atoms with Crippen LogP contribution in [-0.2, 0) is 4.79 Å². The van der Waals surface area contributed by atoms with Gasteiger partial charge in [0.05, 0.1) is 34.3 Å². The molecule has 2 atom stereocenters. The molecule has 6 rings (SSSR count). The van der Waals surface area contributed by atoms with E-state index >= 15 is 0 Å². The van der Waals surface area contributed by atoms with Crippen LogP contribution in [0.1, 0.15) is 52.4 Å². The highest BCUT2D eigenvalue weighted by Gasteiger charge is 2.50. The number of likely N-dealkylation sites (tertiary alicyclic amines) is 1. The van der Waals surface area contributed by atoms with Crippen LogP contribution in [0.25, 0.3) is 5.69 Å². The summed E-state index contributed by atoms with van der Waals surface area (Å²) in [4.78, 5) is 29.4. The zero-order valence-corrected chi connectivity index (χ0v) is 20.8. The maximum absolute atomic E-state index is 14.1. The van der Waals surface area contributed by atoms with Crippen molar-refractivity contribution in [3.8, 4) is 17.6 Å². The van der Waals surface area contributed by atoms with Crippen molar-refractivity contribution in [1.82, 2.24) is 14.0 Å². The van der Waals surface area contributed by atoms with E-state index in [-0.39, 0.29) is 28.5 Å². The zero-order valence-electron chi connectivity index (χ0n) is 20.0. The van der Waals surface area contributed by atoms with Crippen LogP contribution in [0.3, 0.4) is 0 Å². The molecule has 0 aliphatic carbocycles. The largest absolute Gasteiger partial charge is 0.493 e. The molecule has 1 fully saturated rings. The normalized spacial score (nSPS) is 17.7. The summed E-state index contributed by atoms with van der Waals surface area (Å²) in [7, 11) is 0. The number of halogens is 1. The van der Waals surface area contributed by atoms with E-state index in [9.17, 15) is 20.0 Å². The molecule has 1 aromatic heterocycles. The molecule has 7 nitrogen and oxygen atoms in total. The van der Waals surface area contributed by atoms with Gasteiger partial charge in [0.2, 0.25) is 11.8 Å². The van der Waals surface area contributed by atoms with Crippen molar-refractivity contribution < 1.29 is 9.90 Å². The van der Waals surface area contributed by atoms with E-state index in [1.54, 1.807) is 22.5 Å². The number of benzene rings is 3. The van der Waals surface area contributed by atoms with Gasteiger partial charge in [-0.3, -0.25) is 9.36 Å². The molecule has 0 radical (unpaired) electrons. The van der Waals surface area contributed by atoms with Gasteiger partial charge in [-0.2, -0.15) is 5.26 Å². The Kier molecular flexibility index (Phi) is 5.43. The molecular formula is C29H23ClN4O3. The Hall–Kier alpha value is -4.28. The lowest BCUT2D eigenvalue weighted by atomic mass is 9.89. The number of carbonyl (C=O) groups is 1. The van der Waals surface area contributed by atoms with Crippen LogP contribution >= 0.6 is 11.6 Å². The monoisotopic (exact) mass is 510 g/mol. The molecule has 1 amide bonds. The number of nitriles is 1. The number of imidazole rings is 1. The lowest BCUT2D eigenvalue weighted by Gasteiger charge is -2.31. The van der Waals surface area contributed by atoms with Gasteiger partial charge in [0.1, 0.15) is 11.8 Å². The number of carbonyl (C=O) groups excluding carboxylic acids is 1. The van der Waals surface area contributed by atoms with E-state index in [0.29, 0.717) is 35.5 Å². The van der Waals surface area contributed by atoms with Crippen molar-refractivity contribution in [3.63, 3.8) is 0 Å². The maximum Gasteiger partial charge on any atom is 0.336 e. The summed E-state index contributed by atoms with van der Waals surface area (Å²) >= 11 is 6.35. The van der Waals surface area contributed by atoms with Gasteiger partial charge in [0, 0.05) is 6.54 Å². The first-order valence-electron chi connectivity index (χ1n) is 12.1. The second kappa shape index (κ2) is 8.68. The molecule has 2 unspecified atom stereocenters. The van der Waals surface area contributed by atoms with Crippen LogP contribution in [0.15, 0.2) is 77.6 Å². The summed E-state index contributed by atoms with van der Waals surface area (Å²) in [6.45, 7) is 2.10. The Morgan fingerprint density at radius 2 is 1.68 bits per heavy atom. The maximum atomic E-state index is 14.1. The van der Waals surface area contributed by atoms with Crippen molar-refractivity contribution >= 4 is 17.5 Å². The van der Waals surface area contributed by atoms with Crippen molar-refractivity contribution in [3.05, 3.63) is 116 Å². The summed E-state index contributed by atoms with van der Waals surface area (Å²) in [6, 6.07) is 23.8. The van der Waals surface area contributed by atoms with Crippen LogP contribution in [-0.4, -0.2) is 31.6 Å². The first-order valence-corrected chi connectivity index (χ1v) is 12.5. The molecule has 2 aliphatic heterocycles. The van der Waals surface area contributed by atoms with E-state index in [1.807, 2.05) is 66.7 Å². The van der Waals surface area contributed by atoms with Crippen molar-refractivity contribution in [2.45, 2.75) is 31.3 Å². The van der Waals surface area contributed by atoms with Crippen LogP contribution in [0.2, 0.25) is 5.02 Å². The van der Waals surface area contributed by atoms with Gasteiger partial charge >= 0.3 is 5.69 Å². The number of fused-ring (bicyclic) bond motifs is 5. The molecule has 184 valence electrons. The molecule has 3 aromatic carbocycles. The predicted octanol–water partition coefficient (Wildman–Crippen LogP) is 4.84. The smallest absolute Gasteiger partial charge is 0.336 e. The van der Waals surface area contributed by atoms with Crippen LogP contribution < -0.4 is 5.69 Å². The number of aromatic hydroxyl groups is 1. The van der Waals surface area contributed by atoms with E-state index < -0.39 is 12.0 Å². The minimum absolute atomic E-state index is 0.0617. The van der Waals surface area contributed by atoms with Gasteiger partial charge in [0.15, 0.2) is 0 Å². The molecule has 2 aliphatic rings. The highest BCUT2D eigenvalue weighted by Crippen LogP contribution is 2.50. The molecule has 2 bridgehead atoms. The molecule has 4 aromatic rings. The third kappa shape index (κ3) is 3.40. The molecule has 1 saturated heterocycles. The van der Waals surface area contributed by atoms with Gasteiger partial charge in [-0.25, -0.2) is 9.36 Å². The lowest BCUT2D eigenvalue weighted by molar-refractivity contribution is -0.133. The fourth-order valence-electron chi connectivity index (χ4n) is 5.84. The summed E-state index contributed by atoms with van der Waals surface area (Å²) < 4.78 is 2.84. The van der Waals surface area contributed by atoms with Gasteiger partial charge < -0.3 is 10.0 Å². The second-order valence-electron chi connectivity index (χ2n) is 9.53. The molecule has 3 heterocycles. The highest BCUT2D eigenvalue weighted by molar-refractivity contribution is 6.32. The summed E-state index contributed by atoms with van der Waals surface area (Å²) in [5.74, 6) is -0.756. The standard InChI is InChI=1S/C29H23ClN4O3/c1-17-22(13-12-20(15-31)25(17)30)34-28(36)26-23-14-21(33(26)29(34)37)16-32(23)27(35)24(18-8-4-2-5-9-18)19-10-6-3-7-11-19/h2-13,21,23-24,36H,14,16H2,1H3. The Morgan fingerprint density at radius 1 is 1.05 bits per heavy atom.